The van der Waals surface area contributed by atoms with Crippen molar-refractivity contribution in [2.45, 2.75) is 25.8 Å². The lowest BCUT2D eigenvalue weighted by Crippen LogP contribution is -2.61. The Bertz CT molecular complexity index is 670. The molecular weight excluding hydrogens is 308 g/mol. The zero-order chi connectivity index (χ0) is 17.3. The molecule has 1 aromatic heterocycles. The average Bonchev–Trinajstić information content (AvgIpc) is 2.94. The van der Waals surface area contributed by atoms with Crippen LogP contribution in [-0.2, 0) is 16.0 Å². The molecule has 1 atom stereocenters. The number of likely N-dealkylation sites (tertiary alicyclic amines) is 2. The predicted octanol–water partition coefficient (Wildman–Crippen LogP) is 0.0629. The fourth-order valence-corrected chi connectivity index (χ4v) is 3.26. The van der Waals surface area contributed by atoms with Gasteiger partial charge in [-0.05, 0) is 18.1 Å². The van der Waals surface area contributed by atoms with Crippen molar-refractivity contribution in [3.05, 3.63) is 29.6 Å². The highest BCUT2D eigenvalue weighted by atomic mass is 16.2. The average molecular weight is 330 g/mol. The molecule has 0 saturated carbocycles. The van der Waals surface area contributed by atoms with Gasteiger partial charge in [-0.3, -0.25) is 19.4 Å². The number of aromatic nitrogens is 1. The summed E-state index contributed by atoms with van der Waals surface area (Å²) in [5.74, 6) is -0.433. The van der Waals surface area contributed by atoms with Gasteiger partial charge in [0.1, 0.15) is 0 Å². The van der Waals surface area contributed by atoms with Crippen molar-refractivity contribution < 1.29 is 14.4 Å². The number of pyridine rings is 1. The molecule has 3 rings (SSSR count). The maximum Gasteiger partial charge on any atom is 0.255 e. The van der Waals surface area contributed by atoms with Crippen LogP contribution in [0.3, 0.4) is 0 Å². The third-order valence-electron chi connectivity index (χ3n) is 4.82. The van der Waals surface area contributed by atoms with E-state index in [1.54, 1.807) is 29.2 Å². The van der Waals surface area contributed by atoms with Crippen molar-refractivity contribution in [2.24, 2.45) is 5.92 Å². The van der Waals surface area contributed by atoms with E-state index >= 15 is 0 Å². The number of hydrogen-bond acceptors (Lipinski definition) is 4. The van der Waals surface area contributed by atoms with Gasteiger partial charge in [0.2, 0.25) is 11.8 Å². The van der Waals surface area contributed by atoms with Crippen molar-refractivity contribution in [3.63, 3.8) is 0 Å². The van der Waals surface area contributed by atoms with Gasteiger partial charge in [-0.1, -0.05) is 6.92 Å². The van der Waals surface area contributed by atoms with E-state index in [1.165, 1.54) is 0 Å². The number of hydrogen-bond donors (Lipinski definition) is 1. The summed E-state index contributed by atoms with van der Waals surface area (Å²) in [6, 6.07) is 1.88. The molecule has 7 nitrogen and oxygen atoms in total. The van der Waals surface area contributed by atoms with E-state index in [2.05, 4.69) is 10.3 Å². The first kappa shape index (κ1) is 16.4. The Labute approximate surface area is 141 Å². The molecule has 1 N–H and O–H groups in total. The Morgan fingerprint density at radius 3 is 2.71 bits per heavy atom. The number of nitrogens with one attached hydrogen (secondary N) is 1. The van der Waals surface area contributed by atoms with E-state index in [1.807, 2.05) is 13.0 Å². The summed E-state index contributed by atoms with van der Waals surface area (Å²) >= 11 is 0. The zero-order valence-corrected chi connectivity index (χ0v) is 14.0. The van der Waals surface area contributed by atoms with Gasteiger partial charge < -0.3 is 15.1 Å². The maximum atomic E-state index is 12.5. The van der Waals surface area contributed by atoms with Crippen LogP contribution in [0.5, 0.6) is 0 Å². The van der Waals surface area contributed by atoms with Crippen LogP contribution in [0.25, 0.3) is 0 Å². The molecule has 3 heterocycles. The first-order valence-electron chi connectivity index (χ1n) is 8.27. The molecule has 0 spiro atoms. The van der Waals surface area contributed by atoms with Gasteiger partial charge in [-0.25, -0.2) is 0 Å². The van der Waals surface area contributed by atoms with Gasteiger partial charge in [0.15, 0.2) is 0 Å². The van der Waals surface area contributed by atoms with Gasteiger partial charge in [-0.2, -0.15) is 0 Å². The highest BCUT2D eigenvalue weighted by molar-refractivity contribution is 5.95. The molecule has 2 aliphatic heterocycles. The first-order chi connectivity index (χ1) is 11.5. The van der Waals surface area contributed by atoms with E-state index < -0.39 is 0 Å². The molecule has 0 bridgehead atoms. The Hall–Kier alpha value is -2.44. The smallest absolute Gasteiger partial charge is 0.255 e. The number of nitrogens with zero attached hydrogens (tertiary/aromatic N) is 3. The van der Waals surface area contributed by atoms with Crippen LogP contribution in [-0.4, -0.2) is 65.2 Å². The Morgan fingerprint density at radius 1 is 1.29 bits per heavy atom. The van der Waals surface area contributed by atoms with Crippen LogP contribution in [0.4, 0.5) is 0 Å². The van der Waals surface area contributed by atoms with Crippen LogP contribution in [0.1, 0.15) is 29.3 Å². The van der Waals surface area contributed by atoms with Gasteiger partial charge in [0.25, 0.3) is 5.91 Å². The normalized spacial score (nSPS) is 20.9. The molecule has 0 aromatic carbocycles. The summed E-state index contributed by atoms with van der Waals surface area (Å²) in [5, 5.41) is 2.59. The molecule has 7 heteroatoms. The van der Waals surface area contributed by atoms with E-state index in [0.717, 1.165) is 12.0 Å². The quantitative estimate of drug-likeness (QED) is 0.846. The molecule has 1 aromatic rings. The van der Waals surface area contributed by atoms with E-state index in [4.69, 9.17) is 0 Å². The van der Waals surface area contributed by atoms with Crippen LogP contribution in [0.2, 0.25) is 0 Å². The highest BCUT2D eigenvalue weighted by Crippen LogP contribution is 2.26. The lowest BCUT2D eigenvalue weighted by Gasteiger charge is -2.44. The topological polar surface area (TPSA) is 82.6 Å². The molecular formula is C17H22N4O3. The Balaban J connectivity index is 1.58. The largest absolute Gasteiger partial charge is 0.359 e. The van der Waals surface area contributed by atoms with Gasteiger partial charge in [-0.15, -0.1) is 0 Å². The Morgan fingerprint density at radius 2 is 2.04 bits per heavy atom. The number of carbonyl (C=O) groups is 3. The summed E-state index contributed by atoms with van der Waals surface area (Å²) in [5.41, 5.74) is 1.62. The van der Waals surface area contributed by atoms with E-state index in [9.17, 15) is 14.4 Å². The van der Waals surface area contributed by atoms with Crippen LogP contribution in [0.15, 0.2) is 18.5 Å². The summed E-state index contributed by atoms with van der Waals surface area (Å²) in [7, 11) is 1.58. The summed E-state index contributed by atoms with van der Waals surface area (Å²) in [6.07, 6.45) is 4.43. The van der Waals surface area contributed by atoms with Gasteiger partial charge in [0, 0.05) is 45.5 Å². The lowest BCUT2D eigenvalue weighted by atomic mass is 10.0. The number of carbonyl (C=O) groups excluding carboxylic acids is 3. The minimum Gasteiger partial charge on any atom is -0.359 e. The maximum absolute atomic E-state index is 12.5. The number of amides is 3. The van der Waals surface area contributed by atoms with Crippen molar-refractivity contribution in [1.82, 2.24) is 20.1 Å². The SMILES string of the molecule is CCc1cncc(C(=O)N2CC(N3CC(C(=O)NC)CC3=O)C2)c1. The molecule has 3 amide bonds. The molecule has 128 valence electrons. The van der Waals surface area contributed by atoms with Gasteiger partial charge in [0.05, 0.1) is 17.5 Å². The van der Waals surface area contributed by atoms with Crippen LogP contribution >= 0.6 is 0 Å². The minimum atomic E-state index is -0.280. The minimum absolute atomic E-state index is 0.00431. The summed E-state index contributed by atoms with van der Waals surface area (Å²) in [4.78, 5) is 43.8. The van der Waals surface area contributed by atoms with Crippen LogP contribution < -0.4 is 5.32 Å². The van der Waals surface area contributed by atoms with E-state index in [-0.39, 0.29) is 36.1 Å². The third-order valence-corrected chi connectivity index (χ3v) is 4.82. The second-order valence-electron chi connectivity index (χ2n) is 6.36. The molecule has 0 radical (unpaired) electrons. The fourth-order valence-electron chi connectivity index (χ4n) is 3.26. The second-order valence-corrected chi connectivity index (χ2v) is 6.36. The molecule has 0 aliphatic carbocycles. The molecule has 2 aliphatic rings. The number of rotatable bonds is 4. The predicted molar refractivity (Wildman–Crippen MR) is 87.2 cm³/mol. The van der Waals surface area contributed by atoms with Crippen molar-refractivity contribution >= 4 is 17.7 Å². The summed E-state index contributed by atoms with van der Waals surface area (Å²) < 4.78 is 0. The van der Waals surface area contributed by atoms with Crippen molar-refractivity contribution in [1.29, 1.82) is 0 Å². The molecule has 2 saturated heterocycles. The third kappa shape index (κ3) is 2.98. The molecule has 2 fully saturated rings. The second kappa shape index (κ2) is 6.59. The highest BCUT2D eigenvalue weighted by Gasteiger charge is 2.43. The van der Waals surface area contributed by atoms with Crippen LogP contribution in [0, 0.1) is 5.92 Å². The molecule has 1 unspecified atom stereocenters. The Kier molecular flexibility index (Phi) is 4.51. The van der Waals surface area contributed by atoms with Gasteiger partial charge >= 0.3 is 0 Å². The zero-order valence-electron chi connectivity index (χ0n) is 14.0. The van der Waals surface area contributed by atoms with E-state index in [0.29, 0.717) is 25.2 Å². The standard InChI is InChI=1S/C17H22N4O3/c1-3-11-4-12(7-19-6-11)17(24)20-9-14(10-20)21-8-13(5-15(21)22)16(23)18-2/h4,6-7,13-14H,3,5,8-10H2,1-2H3,(H,18,23). The number of aryl methyl sites for hydroxylation is 1. The van der Waals surface area contributed by atoms with Crippen molar-refractivity contribution in [3.8, 4) is 0 Å². The molecule has 24 heavy (non-hydrogen) atoms. The summed E-state index contributed by atoms with van der Waals surface area (Å²) in [6.45, 7) is 3.49. The lowest BCUT2D eigenvalue weighted by molar-refractivity contribution is -0.132. The monoisotopic (exact) mass is 330 g/mol. The fraction of sp³-hybridized carbons (Fsp3) is 0.529. The first-order valence-corrected chi connectivity index (χ1v) is 8.27. The van der Waals surface area contributed by atoms with Crippen molar-refractivity contribution in [2.75, 3.05) is 26.7 Å².